The zero-order valence-corrected chi connectivity index (χ0v) is 22.5. The van der Waals surface area contributed by atoms with Crippen LogP contribution in [0.2, 0.25) is 0 Å². The van der Waals surface area contributed by atoms with Crippen LogP contribution in [0.3, 0.4) is 0 Å². The summed E-state index contributed by atoms with van der Waals surface area (Å²) in [5.41, 5.74) is 1.55. The number of hydrogen-bond donors (Lipinski definition) is 2. The lowest BCUT2D eigenvalue weighted by Crippen LogP contribution is -2.49. The molecule has 3 unspecified atom stereocenters. The van der Waals surface area contributed by atoms with Crippen molar-refractivity contribution in [3.63, 3.8) is 0 Å². The van der Waals surface area contributed by atoms with Gasteiger partial charge in [0.15, 0.2) is 0 Å². The number of rotatable bonds is 7. The molecule has 6 rings (SSSR count). The molecule has 1 aromatic heterocycles. The maximum atomic E-state index is 13.3. The summed E-state index contributed by atoms with van der Waals surface area (Å²) in [6.07, 6.45) is 1.42. The van der Waals surface area contributed by atoms with Crippen molar-refractivity contribution in [2.45, 2.75) is 31.8 Å². The van der Waals surface area contributed by atoms with Crippen molar-refractivity contribution in [1.29, 1.82) is 5.26 Å². The molecule has 2 heterocycles. The summed E-state index contributed by atoms with van der Waals surface area (Å²) in [6, 6.07) is 23.0. The Hall–Kier alpha value is -4.68. The molecule has 1 saturated heterocycles. The summed E-state index contributed by atoms with van der Waals surface area (Å²) in [6.45, 7) is 1.89. The largest absolute Gasteiger partial charge is 0.457 e. The molecule has 4 aromatic rings. The molecule has 1 aliphatic heterocycles. The Morgan fingerprint density at radius 2 is 1.80 bits per heavy atom. The molecule has 8 nitrogen and oxygen atoms in total. The number of ether oxygens (including phenoxy) is 1. The number of likely N-dealkylation sites (tertiary alicyclic amines) is 1. The number of anilines is 1. The van der Waals surface area contributed by atoms with E-state index in [1.165, 1.54) is 11.3 Å². The molecule has 9 heteroatoms. The van der Waals surface area contributed by atoms with Crippen LogP contribution in [0.15, 0.2) is 78.2 Å². The van der Waals surface area contributed by atoms with Gasteiger partial charge in [0, 0.05) is 32.8 Å². The predicted octanol–water partition coefficient (Wildman–Crippen LogP) is 5.31. The van der Waals surface area contributed by atoms with Crippen molar-refractivity contribution >= 4 is 44.8 Å². The van der Waals surface area contributed by atoms with E-state index in [4.69, 9.17) is 4.74 Å². The lowest BCUT2D eigenvalue weighted by atomic mass is 10.0. The third kappa shape index (κ3) is 4.90. The first-order valence-corrected chi connectivity index (χ1v) is 13.9. The van der Waals surface area contributed by atoms with Crippen LogP contribution < -0.4 is 15.4 Å². The number of amides is 3. The number of carbonyl (C=O) groups is 3. The van der Waals surface area contributed by atoms with Crippen LogP contribution in [0.4, 0.5) is 5.69 Å². The van der Waals surface area contributed by atoms with Crippen LogP contribution in [-0.4, -0.2) is 41.2 Å². The Kier molecular flexibility index (Phi) is 6.48. The van der Waals surface area contributed by atoms with Gasteiger partial charge in [0.2, 0.25) is 11.8 Å². The summed E-state index contributed by atoms with van der Waals surface area (Å²) >= 11 is 1.45. The molecule has 3 amide bonds. The lowest BCUT2D eigenvalue weighted by Gasteiger charge is -2.27. The number of thiophene rings is 1. The molecular formula is C31H26N4O4S. The smallest absolute Gasteiger partial charge is 0.251 e. The van der Waals surface area contributed by atoms with E-state index < -0.39 is 6.04 Å². The van der Waals surface area contributed by atoms with Gasteiger partial charge in [-0.3, -0.25) is 14.4 Å². The minimum absolute atomic E-state index is 0.0139. The highest BCUT2D eigenvalue weighted by atomic mass is 32.1. The number of para-hydroxylation sites is 1. The minimum Gasteiger partial charge on any atom is -0.457 e. The molecule has 1 aliphatic carbocycles. The van der Waals surface area contributed by atoms with E-state index in [1.54, 1.807) is 40.6 Å². The zero-order valence-electron chi connectivity index (χ0n) is 21.7. The number of fused-ring (bicyclic) bond motifs is 2. The maximum Gasteiger partial charge on any atom is 0.251 e. The maximum absolute atomic E-state index is 13.3. The Labute approximate surface area is 235 Å². The Bertz CT molecular complexity index is 1660. The van der Waals surface area contributed by atoms with Gasteiger partial charge in [0.05, 0.1) is 12.1 Å². The van der Waals surface area contributed by atoms with Gasteiger partial charge >= 0.3 is 0 Å². The fraction of sp³-hybridized carbons (Fsp3) is 0.226. The van der Waals surface area contributed by atoms with Crippen LogP contribution in [0.25, 0.3) is 10.1 Å². The van der Waals surface area contributed by atoms with Gasteiger partial charge < -0.3 is 20.3 Å². The van der Waals surface area contributed by atoms with Crippen molar-refractivity contribution in [2.24, 2.45) is 5.41 Å². The van der Waals surface area contributed by atoms with Crippen LogP contribution in [0, 0.1) is 16.7 Å². The molecule has 0 spiro atoms. The molecule has 0 bridgehead atoms. The number of carbonyl (C=O) groups excluding carboxylic acids is 3. The Morgan fingerprint density at radius 3 is 2.55 bits per heavy atom. The average molecular weight is 551 g/mol. The monoisotopic (exact) mass is 550 g/mol. The molecule has 0 radical (unpaired) electrons. The third-order valence-corrected chi connectivity index (χ3v) is 8.63. The SMILES string of the molecule is CC12CC(C(=O)Nc3ccc4c(C#N)csc4c3)N(C(=O)CNC(=O)c3ccc(Oc4ccccc4)cc3)C1C2. The first-order chi connectivity index (χ1) is 19.3. The van der Waals surface area contributed by atoms with Crippen LogP contribution >= 0.6 is 11.3 Å². The normalized spacial score (nSPS) is 20.9. The topological polar surface area (TPSA) is 112 Å². The summed E-state index contributed by atoms with van der Waals surface area (Å²) in [5.74, 6) is 0.386. The van der Waals surface area contributed by atoms with Crippen LogP contribution in [0.1, 0.15) is 35.7 Å². The van der Waals surface area contributed by atoms with Gasteiger partial charge in [-0.15, -0.1) is 11.3 Å². The quantitative estimate of drug-likeness (QED) is 0.324. The minimum atomic E-state index is -0.615. The van der Waals surface area contributed by atoms with E-state index in [-0.39, 0.29) is 35.7 Å². The van der Waals surface area contributed by atoms with Crippen molar-refractivity contribution in [2.75, 3.05) is 11.9 Å². The fourth-order valence-electron chi connectivity index (χ4n) is 5.43. The molecule has 1 saturated carbocycles. The van der Waals surface area contributed by atoms with Crippen molar-refractivity contribution in [3.8, 4) is 17.6 Å². The van der Waals surface area contributed by atoms with Gasteiger partial charge in [-0.1, -0.05) is 31.2 Å². The van der Waals surface area contributed by atoms with E-state index in [9.17, 15) is 19.6 Å². The second-order valence-electron chi connectivity index (χ2n) is 10.5. The third-order valence-electron chi connectivity index (χ3n) is 7.68. The van der Waals surface area contributed by atoms with E-state index in [0.29, 0.717) is 34.7 Å². The van der Waals surface area contributed by atoms with E-state index >= 15 is 0 Å². The van der Waals surface area contributed by atoms with Gasteiger partial charge in [0.25, 0.3) is 5.91 Å². The van der Waals surface area contributed by atoms with Crippen LogP contribution in [0.5, 0.6) is 11.5 Å². The standard InChI is InChI=1S/C31H26N4O4S/c1-31-14-25(30(38)34-21-9-12-24-20(16-32)18-40-26(24)13-21)35(27(31)15-31)28(36)17-33-29(37)19-7-10-23(11-8-19)39-22-5-3-2-4-6-22/h2-13,18,25,27H,14-15,17H2,1H3,(H,33,37)(H,34,38). The van der Waals surface area contributed by atoms with Gasteiger partial charge in [-0.25, -0.2) is 0 Å². The van der Waals surface area contributed by atoms with Gasteiger partial charge in [-0.05, 0) is 66.8 Å². The van der Waals surface area contributed by atoms with Crippen molar-refractivity contribution in [3.05, 3.63) is 89.3 Å². The highest BCUT2D eigenvalue weighted by Crippen LogP contribution is 2.59. The first-order valence-electron chi connectivity index (χ1n) is 13.0. The Balaban J connectivity index is 1.08. The second kappa shape index (κ2) is 10.1. The second-order valence-corrected chi connectivity index (χ2v) is 11.4. The summed E-state index contributed by atoms with van der Waals surface area (Å²) in [7, 11) is 0. The zero-order chi connectivity index (χ0) is 27.9. The van der Waals surface area contributed by atoms with Crippen molar-refractivity contribution < 1.29 is 19.1 Å². The summed E-state index contributed by atoms with van der Waals surface area (Å²) < 4.78 is 6.67. The van der Waals surface area contributed by atoms with Gasteiger partial charge in [0.1, 0.15) is 23.6 Å². The number of nitrogens with one attached hydrogen (secondary N) is 2. The molecule has 3 aromatic carbocycles. The number of nitriles is 1. The molecular weight excluding hydrogens is 524 g/mol. The van der Waals surface area contributed by atoms with E-state index in [0.717, 1.165) is 16.5 Å². The highest BCUT2D eigenvalue weighted by molar-refractivity contribution is 7.17. The predicted molar refractivity (Wildman–Crippen MR) is 152 cm³/mol. The van der Waals surface area contributed by atoms with Gasteiger partial charge in [-0.2, -0.15) is 5.26 Å². The fourth-order valence-corrected chi connectivity index (χ4v) is 6.35. The van der Waals surface area contributed by atoms with E-state index in [1.807, 2.05) is 42.5 Å². The number of hydrogen-bond acceptors (Lipinski definition) is 6. The van der Waals surface area contributed by atoms with E-state index in [2.05, 4.69) is 23.6 Å². The van der Waals surface area contributed by atoms with Crippen LogP contribution in [-0.2, 0) is 9.59 Å². The average Bonchev–Trinajstić information content (AvgIpc) is 3.30. The summed E-state index contributed by atoms with van der Waals surface area (Å²) in [4.78, 5) is 41.0. The molecule has 40 heavy (non-hydrogen) atoms. The molecule has 2 aliphatic rings. The molecule has 2 fully saturated rings. The number of benzene rings is 3. The summed E-state index contributed by atoms with van der Waals surface area (Å²) in [5, 5.41) is 17.5. The number of nitrogens with zero attached hydrogens (tertiary/aromatic N) is 2. The Morgan fingerprint density at radius 1 is 1.05 bits per heavy atom. The first kappa shape index (κ1) is 25.6. The number of piperidine rings is 1. The highest BCUT2D eigenvalue weighted by Gasteiger charge is 2.64. The molecule has 200 valence electrons. The molecule has 2 N–H and O–H groups in total. The molecule has 3 atom stereocenters. The van der Waals surface area contributed by atoms with Crippen molar-refractivity contribution in [1.82, 2.24) is 10.2 Å². The lowest BCUT2D eigenvalue weighted by molar-refractivity contribution is -0.137.